The van der Waals surface area contributed by atoms with Gasteiger partial charge in [-0.05, 0) is 67.9 Å². The fraction of sp³-hybridized carbons (Fsp3) is 0.208. The molecular weight excluding hydrogens is 492 g/mol. The van der Waals surface area contributed by atoms with Gasteiger partial charge in [0.15, 0.2) is 0 Å². The Labute approximate surface area is 197 Å². The summed E-state index contributed by atoms with van der Waals surface area (Å²) in [6, 6.07) is 20.8. The smallest absolute Gasteiger partial charge is 0.264 e. The van der Waals surface area contributed by atoms with E-state index in [2.05, 4.69) is 21.2 Å². The lowest BCUT2D eigenvalue weighted by atomic mass is 10.2. The zero-order chi connectivity index (χ0) is 23.1. The van der Waals surface area contributed by atoms with Gasteiger partial charge < -0.3 is 10.1 Å². The molecule has 0 heterocycles. The maximum absolute atomic E-state index is 13.4. The van der Waals surface area contributed by atoms with Crippen molar-refractivity contribution < 1.29 is 17.9 Å². The van der Waals surface area contributed by atoms with E-state index in [1.54, 1.807) is 48.5 Å². The maximum Gasteiger partial charge on any atom is 0.264 e. The number of anilines is 1. The molecule has 168 valence electrons. The second-order valence-electron chi connectivity index (χ2n) is 7.16. The van der Waals surface area contributed by atoms with Crippen LogP contribution in [0.5, 0.6) is 5.75 Å². The Bertz CT molecular complexity index is 1160. The molecule has 1 amide bonds. The summed E-state index contributed by atoms with van der Waals surface area (Å²) in [6.45, 7) is 4.26. The van der Waals surface area contributed by atoms with Crippen molar-refractivity contribution in [3.05, 3.63) is 88.4 Å². The number of hydrogen-bond acceptors (Lipinski definition) is 4. The molecule has 3 rings (SSSR count). The van der Waals surface area contributed by atoms with Crippen molar-refractivity contribution in [1.29, 1.82) is 0 Å². The van der Waals surface area contributed by atoms with Crippen molar-refractivity contribution in [2.45, 2.75) is 25.3 Å². The minimum absolute atomic E-state index is 0.128. The first-order chi connectivity index (χ1) is 15.3. The van der Waals surface area contributed by atoms with E-state index >= 15 is 0 Å². The van der Waals surface area contributed by atoms with E-state index in [1.807, 2.05) is 38.1 Å². The Morgan fingerprint density at radius 2 is 1.72 bits per heavy atom. The predicted octanol–water partition coefficient (Wildman–Crippen LogP) is 4.67. The number of nitrogens with one attached hydrogen (secondary N) is 1. The van der Waals surface area contributed by atoms with E-state index in [-0.39, 0.29) is 18.0 Å². The first-order valence-corrected chi connectivity index (χ1v) is 12.4. The van der Waals surface area contributed by atoms with E-state index < -0.39 is 15.9 Å². The van der Waals surface area contributed by atoms with Gasteiger partial charge in [0.05, 0.1) is 17.2 Å². The average Bonchev–Trinajstić information content (AvgIpc) is 2.77. The first kappa shape index (κ1) is 23.8. The van der Waals surface area contributed by atoms with Crippen molar-refractivity contribution in [3.63, 3.8) is 0 Å². The highest BCUT2D eigenvalue weighted by Gasteiger charge is 2.27. The predicted molar refractivity (Wildman–Crippen MR) is 129 cm³/mol. The van der Waals surface area contributed by atoms with Gasteiger partial charge >= 0.3 is 0 Å². The molecule has 3 aromatic carbocycles. The number of aryl methyl sites for hydroxylation is 1. The maximum atomic E-state index is 13.4. The number of amides is 1. The Morgan fingerprint density at radius 1 is 1.03 bits per heavy atom. The molecule has 0 saturated heterocycles. The fourth-order valence-corrected chi connectivity index (χ4v) is 4.74. The number of carbonyl (C=O) groups excluding carboxylic acids is 1. The van der Waals surface area contributed by atoms with E-state index in [1.165, 1.54) is 0 Å². The van der Waals surface area contributed by atoms with Gasteiger partial charge in [0.25, 0.3) is 10.0 Å². The molecule has 1 N–H and O–H groups in total. The number of halogens is 1. The van der Waals surface area contributed by atoms with Crippen LogP contribution in [-0.4, -0.2) is 27.5 Å². The Balaban J connectivity index is 1.81. The highest BCUT2D eigenvalue weighted by molar-refractivity contribution is 9.10. The quantitative estimate of drug-likeness (QED) is 0.448. The van der Waals surface area contributed by atoms with Crippen LogP contribution in [0.15, 0.2) is 82.2 Å². The van der Waals surface area contributed by atoms with Crippen molar-refractivity contribution in [3.8, 4) is 5.75 Å². The van der Waals surface area contributed by atoms with E-state index in [4.69, 9.17) is 4.74 Å². The van der Waals surface area contributed by atoms with Gasteiger partial charge in [0.2, 0.25) is 5.91 Å². The summed E-state index contributed by atoms with van der Waals surface area (Å²) in [5, 5.41) is 2.80. The summed E-state index contributed by atoms with van der Waals surface area (Å²) >= 11 is 3.36. The molecule has 0 unspecified atom stereocenters. The molecule has 0 aliphatic carbocycles. The molecule has 0 aliphatic rings. The second-order valence-corrected chi connectivity index (χ2v) is 9.94. The van der Waals surface area contributed by atoms with Crippen LogP contribution in [0.1, 0.15) is 18.1 Å². The summed E-state index contributed by atoms with van der Waals surface area (Å²) in [5.41, 5.74) is 2.22. The molecule has 8 heteroatoms. The van der Waals surface area contributed by atoms with E-state index in [0.717, 1.165) is 25.7 Å². The van der Waals surface area contributed by atoms with Gasteiger partial charge in [-0.15, -0.1) is 0 Å². The van der Waals surface area contributed by atoms with E-state index in [0.29, 0.717) is 12.3 Å². The van der Waals surface area contributed by atoms with Crippen molar-refractivity contribution in [2.75, 3.05) is 17.5 Å². The molecule has 0 saturated carbocycles. The zero-order valence-electron chi connectivity index (χ0n) is 17.9. The lowest BCUT2D eigenvalue weighted by Gasteiger charge is -2.24. The normalized spacial score (nSPS) is 11.1. The summed E-state index contributed by atoms with van der Waals surface area (Å²) in [7, 11) is -3.94. The number of ether oxygens (including phenoxy) is 1. The number of benzene rings is 3. The molecule has 3 aromatic rings. The van der Waals surface area contributed by atoms with Gasteiger partial charge in [-0.3, -0.25) is 9.10 Å². The minimum Gasteiger partial charge on any atom is -0.494 e. The largest absolute Gasteiger partial charge is 0.494 e. The molecule has 0 spiro atoms. The highest BCUT2D eigenvalue weighted by Crippen LogP contribution is 2.25. The van der Waals surface area contributed by atoms with Gasteiger partial charge in [0.1, 0.15) is 12.3 Å². The minimum atomic E-state index is -3.94. The lowest BCUT2D eigenvalue weighted by molar-refractivity contribution is -0.119. The molecule has 0 fully saturated rings. The summed E-state index contributed by atoms with van der Waals surface area (Å²) in [5.74, 6) is 0.308. The molecule has 6 nitrogen and oxygen atoms in total. The number of nitrogens with zero attached hydrogens (tertiary/aromatic N) is 1. The van der Waals surface area contributed by atoms with Crippen LogP contribution in [0.2, 0.25) is 0 Å². The monoisotopic (exact) mass is 516 g/mol. The van der Waals surface area contributed by atoms with Crippen LogP contribution in [-0.2, 0) is 21.4 Å². The molecule has 0 aliphatic heterocycles. The van der Waals surface area contributed by atoms with Crippen molar-refractivity contribution >= 4 is 37.5 Å². The van der Waals surface area contributed by atoms with Crippen LogP contribution < -0.4 is 14.4 Å². The molecular formula is C24H25BrN2O4S. The third-order valence-corrected chi connectivity index (χ3v) is 7.03. The van der Waals surface area contributed by atoms with Gasteiger partial charge in [0, 0.05) is 11.0 Å². The summed E-state index contributed by atoms with van der Waals surface area (Å²) in [6.07, 6.45) is 0. The summed E-state index contributed by atoms with van der Waals surface area (Å²) in [4.78, 5) is 12.9. The standard InChI is InChI=1S/C24H25BrN2O4S/c1-3-31-22-6-4-5-19(15-22)16-26-24(28)17-27(21-11-9-20(25)10-12-21)32(29,30)23-13-7-18(2)8-14-23/h4-15H,3,16-17H2,1-2H3,(H,26,28). The third-order valence-electron chi connectivity index (χ3n) is 4.71. The Morgan fingerprint density at radius 3 is 2.38 bits per heavy atom. The average molecular weight is 517 g/mol. The van der Waals surface area contributed by atoms with Crippen LogP contribution in [0.3, 0.4) is 0 Å². The van der Waals surface area contributed by atoms with Crippen LogP contribution >= 0.6 is 15.9 Å². The molecule has 0 radical (unpaired) electrons. The van der Waals surface area contributed by atoms with Crippen LogP contribution in [0.4, 0.5) is 5.69 Å². The fourth-order valence-electron chi connectivity index (χ4n) is 3.06. The molecule has 0 aromatic heterocycles. The third kappa shape index (κ3) is 6.11. The lowest BCUT2D eigenvalue weighted by Crippen LogP contribution is -2.40. The molecule has 0 atom stereocenters. The van der Waals surface area contributed by atoms with Crippen molar-refractivity contribution in [1.82, 2.24) is 5.32 Å². The number of carbonyl (C=O) groups is 1. The van der Waals surface area contributed by atoms with E-state index in [9.17, 15) is 13.2 Å². The number of hydrogen-bond donors (Lipinski definition) is 1. The topological polar surface area (TPSA) is 75.7 Å². The van der Waals surface area contributed by atoms with Gasteiger partial charge in [-0.25, -0.2) is 8.42 Å². The molecule has 32 heavy (non-hydrogen) atoms. The Kier molecular flexibility index (Phi) is 7.93. The van der Waals surface area contributed by atoms with Crippen LogP contribution in [0, 0.1) is 6.92 Å². The second kappa shape index (κ2) is 10.7. The SMILES string of the molecule is CCOc1cccc(CNC(=O)CN(c2ccc(Br)cc2)S(=O)(=O)c2ccc(C)cc2)c1. The van der Waals surface area contributed by atoms with Crippen molar-refractivity contribution in [2.24, 2.45) is 0 Å². The Hall–Kier alpha value is -2.84. The van der Waals surface area contributed by atoms with Gasteiger partial charge in [-0.2, -0.15) is 0 Å². The van der Waals surface area contributed by atoms with Gasteiger partial charge in [-0.1, -0.05) is 45.8 Å². The van der Waals surface area contributed by atoms with Crippen LogP contribution in [0.25, 0.3) is 0 Å². The highest BCUT2D eigenvalue weighted by atomic mass is 79.9. The summed E-state index contributed by atoms with van der Waals surface area (Å²) < 4.78 is 34.2. The zero-order valence-corrected chi connectivity index (χ0v) is 20.3. The number of rotatable bonds is 9. The molecule has 0 bridgehead atoms. The first-order valence-electron chi connectivity index (χ1n) is 10.1. The number of sulfonamides is 1.